The van der Waals surface area contributed by atoms with Crippen LogP contribution in [0.25, 0.3) is 0 Å². The molecule has 2 rings (SSSR count). The highest BCUT2D eigenvalue weighted by molar-refractivity contribution is 5.39. The van der Waals surface area contributed by atoms with Crippen LogP contribution in [0.3, 0.4) is 0 Å². The first kappa shape index (κ1) is 9.12. The molecule has 0 aromatic carbocycles. The summed E-state index contributed by atoms with van der Waals surface area (Å²) in [5, 5.41) is 11.3. The quantitative estimate of drug-likeness (QED) is 0.696. The zero-order valence-corrected chi connectivity index (χ0v) is 8.45. The maximum atomic E-state index is 11.6. The molecule has 1 heterocycles. The standard InChI is InChI=1S/C10H14N2O2/c1-11(2)12-8-5-3-4-7(8)9(13)6-10(12)14/h6,13H,3-5H2,1-2H3. The van der Waals surface area contributed by atoms with Crippen LogP contribution >= 0.6 is 0 Å². The summed E-state index contributed by atoms with van der Waals surface area (Å²) in [7, 11) is 3.66. The fourth-order valence-electron chi connectivity index (χ4n) is 2.07. The number of pyridine rings is 1. The Kier molecular flexibility index (Phi) is 1.98. The van der Waals surface area contributed by atoms with E-state index in [1.165, 1.54) is 6.07 Å². The number of rotatable bonds is 1. The maximum absolute atomic E-state index is 11.6. The van der Waals surface area contributed by atoms with E-state index in [4.69, 9.17) is 0 Å². The molecule has 1 aliphatic carbocycles. The minimum absolute atomic E-state index is 0.153. The summed E-state index contributed by atoms with van der Waals surface area (Å²) in [5.74, 6) is 0.153. The molecule has 1 aliphatic rings. The molecule has 0 atom stereocenters. The summed E-state index contributed by atoms with van der Waals surface area (Å²) in [4.78, 5) is 11.6. The third-order valence-corrected chi connectivity index (χ3v) is 2.62. The molecule has 0 aliphatic heterocycles. The predicted molar refractivity (Wildman–Crippen MR) is 54.5 cm³/mol. The van der Waals surface area contributed by atoms with Gasteiger partial charge >= 0.3 is 0 Å². The van der Waals surface area contributed by atoms with Gasteiger partial charge in [0.15, 0.2) is 0 Å². The average molecular weight is 194 g/mol. The second-order valence-electron chi connectivity index (χ2n) is 3.81. The molecule has 4 nitrogen and oxygen atoms in total. The van der Waals surface area contributed by atoms with Crippen LogP contribution in [0, 0.1) is 0 Å². The average Bonchev–Trinajstić information content (AvgIpc) is 2.51. The molecule has 0 spiro atoms. The Labute approximate surface area is 82.4 Å². The fraction of sp³-hybridized carbons (Fsp3) is 0.500. The molecule has 0 fully saturated rings. The number of fused-ring (bicyclic) bond motifs is 1. The van der Waals surface area contributed by atoms with Gasteiger partial charge in [0.05, 0.1) is 5.69 Å². The molecular formula is C10H14N2O2. The molecule has 1 aromatic rings. The zero-order chi connectivity index (χ0) is 10.3. The van der Waals surface area contributed by atoms with Crippen molar-refractivity contribution in [2.45, 2.75) is 19.3 Å². The molecule has 1 N–H and O–H groups in total. The molecule has 1 aromatic heterocycles. The van der Waals surface area contributed by atoms with Crippen LogP contribution < -0.4 is 10.6 Å². The molecule has 0 unspecified atom stereocenters. The predicted octanol–water partition coefficient (Wildman–Crippen LogP) is 0.240. The molecule has 0 amide bonds. The van der Waals surface area contributed by atoms with Gasteiger partial charge in [0, 0.05) is 25.7 Å². The summed E-state index contributed by atoms with van der Waals surface area (Å²) in [6.07, 6.45) is 2.76. The van der Waals surface area contributed by atoms with E-state index in [1.54, 1.807) is 9.69 Å². The number of hydrogen-bond acceptors (Lipinski definition) is 3. The van der Waals surface area contributed by atoms with Crippen LogP contribution in [0.2, 0.25) is 0 Å². The van der Waals surface area contributed by atoms with E-state index < -0.39 is 0 Å². The van der Waals surface area contributed by atoms with Crippen LogP contribution in [0.1, 0.15) is 17.7 Å². The van der Waals surface area contributed by atoms with Crippen molar-refractivity contribution in [1.82, 2.24) is 4.68 Å². The minimum Gasteiger partial charge on any atom is -0.507 e. The highest BCUT2D eigenvalue weighted by Gasteiger charge is 2.20. The highest BCUT2D eigenvalue weighted by atomic mass is 16.3. The third kappa shape index (κ3) is 1.18. The van der Waals surface area contributed by atoms with Gasteiger partial charge in [-0.25, -0.2) is 4.68 Å². The van der Waals surface area contributed by atoms with Gasteiger partial charge in [-0.15, -0.1) is 0 Å². The number of nitrogens with zero attached hydrogens (tertiary/aromatic N) is 2. The van der Waals surface area contributed by atoms with Crippen LogP contribution in [0.5, 0.6) is 5.75 Å². The van der Waals surface area contributed by atoms with Crippen LogP contribution in [0.15, 0.2) is 10.9 Å². The van der Waals surface area contributed by atoms with Gasteiger partial charge in [-0.1, -0.05) is 0 Å². The van der Waals surface area contributed by atoms with E-state index in [1.807, 2.05) is 14.1 Å². The van der Waals surface area contributed by atoms with Crippen LogP contribution in [0.4, 0.5) is 0 Å². The van der Waals surface area contributed by atoms with Gasteiger partial charge in [-0.3, -0.25) is 4.79 Å². The van der Waals surface area contributed by atoms with Crippen molar-refractivity contribution >= 4 is 0 Å². The Morgan fingerprint density at radius 1 is 1.43 bits per heavy atom. The Morgan fingerprint density at radius 2 is 2.14 bits per heavy atom. The monoisotopic (exact) mass is 194 g/mol. The fourth-order valence-corrected chi connectivity index (χ4v) is 2.07. The van der Waals surface area contributed by atoms with E-state index in [0.717, 1.165) is 30.5 Å². The summed E-state index contributed by atoms with van der Waals surface area (Å²) < 4.78 is 1.63. The third-order valence-electron chi connectivity index (χ3n) is 2.62. The highest BCUT2D eigenvalue weighted by Crippen LogP contribution is 2.27. The number of hydrogen-bond donors (Lipinski definition) is 1. The summed E-state index contributed by atoms with van der Waals surface area (Å²) in [6.45, 7) is 0. The normalized spacial score (nSPS) is 14.1. The first-order valence-corrected chi connectivity index (χ1v) is 4.75. The second kappa shape index (κ2) is 3.04. The number of aromatic nitrogens is 1. The smallest absolute Gasteiger partial charge is 0.272 e. The van der Waals surface area contributed by atoms with Gasteiger partial charge < -0.3 is 10.1 Å². The lowest BCUT2D eigenvalue weighted by molar-refractivity contribution is 0.464. The molecule has 0 saturated carbocycles. The van der Waals surface area contributed by atoms with E-state index in [9.17, 15) is 9.90 Å². The summed E-state index contributed by atoms with van der Waals surface area (Å²) >= 11 is 0. The largest absolute Gasteiger partial charge is 0.507 e. The van der Waals surface area contributed by atoms with Gasteiger partial charge in [0.2, 0.25) is 0 Å². The van der Waals surface area contributed by atoms with Crippen LogP contribution in [-0.2, 0) is 12.8 Å². The van der Waals surface area contributed by atoms with E-state index in [2.05, 4.69) is 0 Å². The number of aromatic hydroxyl groups is 1. The minimum atomic E-state index is -0.159. The molecular weight excluding hydrogens is 180 g/mol. The Hall–Kier alpha value is -1.45. The first-order chi connectivity index (χ1) is 6.61. The van der Waals surface area contributed by atoms with E-state index in [0.29, 0.717) is 0 Å². The first-order valence-electron chi connectivity index (χ1n) is 4.75. The zero-order valence-electron chi connectivity index (χ0n) is 8.45. The second-order valence-corrected chi connectivity index (χ2v) is 3.81. The van der Waals surface area contributed by atoms with Gasteiger partial charge in [-0.05, 0) is 19.3 Å². The van der Waals surface area contributed by atoms with Crippen molar-refractivity contribution in [3.05, 3.63) is 27.7 Å². The van der Waals surface area contributed by atoms with Crippen molar-refractivity contribution in [1.29, 1.82) is 0 Å². The molecule has 76 valence electrons. The summed E-state index contributed by atoms with van der Waals surface area (Å²) in [6, 6.07) is 1.30. The summed E-state index contributed by atoms with van der Waals surface area (Å²) in [5.41, 5.74) is 1.73. The van der Waals surface area contributed by atoms with E-state index in [-0.39, 0.29) is 11.3 Å². The molecule has 0 bridgehead atoms. The van der Waals surface area contributed by atoms with Crippen molar-refractivity contribution in [2.75, 3.05) is 19.1 Å². The van der Waals surface area contributed by atoms with Crippen molar-refractivity contribution in [2.24, 2.45) is 0 Å². The molecule has 0 radical (unpaired) electrons. The van der Waals surface area contributed by atoms with E-state index >= 15 is 0 Å². The Bertz CT molecular complexity index is 421. The molecule has 4 heteroatoms. The lowest BCUT2D eigenvalue weighted by Gasteiger charge is -2.20. The SMILES string of the molecule is CN(C)n1c2c(c(O)cc1=O)CCC2. The lowest BCUT2D eigenvalue weighted by atomic mass is 10.2. The van der Waals surface area contributed by atoms with Crippen molar-refractivity contribution < 1.29 is 5.11 Å². The van der Waals surface area contributed by atoms with Crippen molar-refractivity contribution in [3.8, 4) is 5.75 Å². The Morgan fingerprint density at radius 3 is 2.79 bits per heavy atom. The Balaban J connectivity index is 2.72. The topological polar surface area (TPSA) is 45.5 Å². The maximum Gasteiger partial charge on any atom is 0.272 e. The molecule has 0 saturated heterocycles. The molecule has 14 heavy (non-hydrogen) atoms. The van der Waals surface area contributed by atoms with Gasteiger partial charge in [0.1, 0.15) is 5.75 Å². The van der Waals surface area contributed by atoms with Gasteiger partial charge in [0.25, 0.3) is 5.56 Å². The van der Waals surface area contributed by atoms with Crippen molar-refractivity contribution in [3.63, 3.8) is 0 Å². The lowest BCUT2D eigenvalue weighted by Crippen LogP contribution is -2.37. The van der Waals surface area contributed by atoms with Gasteiger partial charge in [-0.2, -0.15) is 0 Å². The van der Waals surface area contributed by atoms with Crippen LogP contribution in [-0.4, -0.2) is 23.9 Å².